The second-order valence-corrected chi connectivity index (χ2v) is 10.8. The number of hydrogen-bond donors (Lipinski definition) is 2. The normalized spacial score (nSPS) is 50.4. The summed E-state index contributed by atoms with van der Waals surface area (Å²) < 4.78 is 0. The predicted molar refractivity (Wildman–Crippen MR) is 115 cm³/mol. The first kappa shape index (κ1) is 21.6. The minimum atomic E-state index is -0.275. The second kappa shape index (κ2) is 7.80. The van der Waals surface area contributed by atoms with Gasteiger partial charge in [0.2, 0.25) is 0 Å². The smallest absolute Gasteiger partial charge is 0.141 e. The highest BCUT2D eigenvalue weighted by atomic mass is 35.5. The number of halogens is 1. The van der Waals surface area contributed by atoms with Gasteiger partial charge in [-0.3, -0.25) is 4.79 Å². The molecule has 0 aromatic carbocycles. The van der Waals surface area contributed by atoms with Crippen molar-refractivity contribution in [1.82, 2.24) is 5.32 Å². The zero-order valence-electron chi connectivity index (χ0n) is 17.9. The molecule has 5 rings (SSSR count). The third kappa shape index (κ3) is 3.36. The van der Waals surface area contributed by atoms with Crippen LogP contribution in [-0.2, 0) is 9.63 Å². The van der Waals surface area contributed by atoms with Crippen LogP contribution < -0.4 is 5.32 Å². The van der Waals surface area contributed by atoms with E-state index in [1.54, 1.807) is 0 Å². The zero-order valence-corrected chi connectivity index (χ0v) is 18.7. The summed E-state index contributed by atoms with van der Waals surface area (Å²) in [6.07, 6.45) is 8.80. The van der Waals surface area contributed by atoms with Gasteiger partial charge < -0.3 is 15.3 Å². The van der Waals surface area contributed by atoms with Gasteiger partial charge in [-0.05, 0) is 80.6 Å². The molecule has 1 saturated heterocycles. The first-order valence-electron chi connectivity index (χ1n) is 11.6. The van der Waals surface area contributed by atoms with Crippen LogP contribution in [0, 0.1) is 34.5 Å². The SMILES string of the molecule is C[C@]12CCC(=NO[C@H]3CCNC3)CC1[C@@H](O)C[C@@H]1[C@@H]2CC[C@]2(C)C(=O)CC[C@@H]12.Cl. The van der Waals surface area contributed by atoms with Crippen LogP contribution >= 0.6 is 12.4 Å². The Morgan fingerprint density at radius 2 is 1.93 bits per heavy atom. The maximum absolute atomic E-state index is 12.6. The number of Topliss-reactive ketones (excluding diaryl/α,β-unsaturated/α-hetero) is 1. The largest absolute Gasteiger partial charge is 0.393 e. The number of aliphatic hydroxyl groups excluding tert-OH is 1. The van der Waals surface area contributed by atoms with Gasteiger partial charge in [0, 0.05) is 24.8 Å². The summed E-state index contributed by atoms with van der Waals surface area (Å²) in [5.41, 5.74) is 1.20. The van der Waals surface area contributed by atoms with Crippen molar-refractivity contribution in [3.63, 3.8) is 0 Å². The Morgan fingerprint density at radius 3 is 2.69 bits per heavy atom. The number of ketones is 1. The lowest BCUT2D eigenvalue weighted by Gasteiger charge is -2.60. The monoisotopic (exact) mass is 424 g/mol. The molecule has 4 saturated carbocycles. The second-order valence-electron chi connectivity index (χ2n) is 10.8. The summed E-state index contributed by atoms with van der Waals surface area (Å²) >= 11 is 0. The van der Waals surface area contributed by atoms with Crippen LogP contribution in [0.5, 0.6) is 0 Å². The molecule has 6 heteroatoms. The van der Waals surface area contributed by atoms with Gasteiger partial charge in [0.1, 0.15) is 11.9 Å². The molecule has 0 aromatic rings. The fourth-order valence-corrected chi connectivity index (χ4v) is 7.82. The first-order valence-corrected chi connectivity index (χ1v) is 11.6. The fourth-order valence-electron chi connectivity index (χ4n) is 7.82. The lowest BCUT2D eigenvalue weighted by Crippen LogP contribution is -2.57. The highest BCUT2D eigenvalue weighted by Gasteiger charge is 2.61. The molecule has 164 valence electrons. The number of aliphatic hydroxyl groups is 1. The van der Waals surface area contributed by atoms with E-state index in [0.717, 1.165) is 76.6 Å². The topological polar surface area (TPSA) is 70.9 Å². The molecule has 2 N–H and O–H groups in total. The summed E-state index contributed by atoms with van der Waals surface area (Å²) in [4.78, 5) is 18.4. The zero-order chi connectivity index (χ0) is 19.5. The summed E-state index contributed by atoms with van der Waals surface area (Å²) in [6.45, 7) is 6.55. The number of nitrogens with one attached hydrogen (secondary N) is 1. The fraction of sp³-hybridized carbons (Fsp3) is 0.913. The van der Waals surface area contributed by atoms with Crippen LogP contribution in [0.4, 0.5) is 0 Å². The van der Waals surface area contributed by atoms with Gasteiger partial charge in [-0.2, -0.15) is 0 Å². The molecule has 5 nitrogen and oxygen atoms in total. The van der Waals surface area contributed by atoms with Gasteiger partial charge in [-0.15, -0.1) is 12.4 Å². The van der Waals surface area contributed by atoms with E-state index in [4.69, 9.17) is 4.84 Å². The van der Waals surface area contributed by atoms with Crippen LogP contribution in [0.3, 0.4) is 0 Å². The van der Waals surface area contributed by atoms with Crippen molar-refractivity contribution in [3.8, 4) is 0 Å². The van der Waals surface area contributed by atoms with Gasteiger partial charge in [-0.25, -0.2) is 0 Å². The Labute approximate surface area is 180 Å². The van der Waals surface area contributed by atoms with Crippen LogP contribution in [0.25, 0.3) is 0 Å². The lowest BCUT2D eigenvalue weighted by atomic mass is 9.44. The molecule has 1 heterocycles. The van der Waals surface area contributed by atoms with Gasteiger partial charge in [0.25, 0.3) is 0 Å². The van der Waals surface area contributed by atoms with E-state index in [2.05, 4.69) is 24.3 Å². The van der Waals surface area contributed by atoms with Crippen molar-refractivity contribution < 1.29 is 14.7 Å². The van der Waals surface area contributed by atoms with E-state index in [0.29, 0.717) is 23.5 Å². The van der Waals surface area contributed by atoms with Gasteiger partial charge in [-0.1, -0.05) is 19.0 Å². The number of fused-ring (bicyclic) bond motifs is 5. The maximum Gasteiger partial charge on any atom is 0.141 e. The molecule has 1 aliphatic heterocycles. The molecular weight excluding hydrogens is 388 g/mol. The first-order chi connectivity index (χ1) is 13.4. The quantitative estimate of drug-likeness (QED) is 0.662. The molecule has 0 amide bonds. The molecule has 0 aromatic heterocycles. The number of carbonyl (C=O) groups is 1. The Hall–Kier alpha value is -0.650. The molecule has 1 unspecified atom stereocenters. The van der Waals surface area contributed by atoms with E-state index >= 15 is 0 Å². The average molecular weight is 425 g/mol. The highest BCUT2D eigenvalue weighted by Crippen LogP contribution is 2.65. The molecule has 0 bridgehead atoms. The van der Waals surface area contributed by atoms with Crippen molar-refractivity contribution in [3.05, 3.63) is 0 Å². The van der Waals surface area contributed by atoms with Gasteiger partial charge in [0.05, 0.1) is 11.8 Å². The Morgan fingerprint density at radius 1 is 1.10 bits per heavy atom. The predicted octanol–water partition coefficient (Wildman–Crippen LogP) is 3.73. The molecule has 8 atom stereocenters. The third-order valence-electron chi connectivity index (χ3n) is 9.57. The van der Waals surface area contributed by atoms with E-state index in [1.807, 2.05) is 0 Å². The number of oxime groups is 1. The summed E-state index contributed by atoms with van der Waals surface area (Å²) in [5.74, 6) is 2.41. The number of rotatable bonds is 2. The molecule has 29 heavy (non-hydrogen) atoms. The molecule has 5 fully saturated rings. The van der Waals surface area contributed by atoms with Crippen LogP contribution in [0.2, 0.25) is 0 Å². The molecule has 4 aliphatic carbocycles. The van der Waals surface area contributed by atoms with Crippen molar-refractivity contribution in [2.45, 2.75) is 83.8 Å². The minimum Gasteiger partial charge on any atom is -0.393 e. The van der Waals surface area contributed by atoms with Crippen molar-refractivity contribution in [2.24, 2.45) is 39.7 Å². The Bertz CT molecular complexity index is 679. The van der Waals surface area contributed by atoms with Crippen molar-refractivity contribution in [2.75, 3.05) is 13.1 Å². The van der Waals surface area contributed by atoms with Crippen LogP contribution in [0.1, 0.15) is 71.6 Å². The summed E-state index contributed by atoms with van der Waals surface area (Å²) in [6, 6.07) is 0. The van der Waals surface area contributed by atoms with Gasteiger partial charge >= 0.3 is 0 Å². The Balaban J connectivity index is 0.00000205. The Kier molecular flexibility index (Phi) is 5.80. The summed E-state index contributed by atoms with van der Waals surface area (Å²) in [7, 11) is 0. The van der Waals surface area contributed by atoms with E-state index < -0.39 is 0 Å². The average Bonchev–Trinajstić information content (AvgIpc) is 3.29. The van der Waals surface area contributed by atoms with E-state index in [9.17, 15) is 9.90 Å². The third-order valence-corrected chi connectivity index (χ3v) is 9.57. The van der Waals surface area contributed by atoms with E-state index in [1.165, 1.54) is 0 Å². The molecule has 5 aliphatic rings. The van der Waals surface area contributed by atoms with Crippen LogP contribution in [-0.4, -0.2) is 41.9 Å². The number of hydrogen-bond acceptors (Lipinski definition) is 5. The van der Waals surface area contributed by atoms with E-state index in [-0.39, 0.29) is 41.4 Å². The molecule has 0 spiro atoms. The molecular formula is C23H37ClN2O3. The van der Waals surface area contributed by atoms with Gasteiger partial charge in [0.15, 0.2) is 0 Å². The lowest BCUT2D eigenvalue weighted by molar-refractivity contribution is -0.153. The van der Waals surface area contributed by atoms with Crippen molar-refractivity contribution >= 4 is 23.9 Å². The van der Waals surface area contributed by atoms with Crippen molar-refractivity contribution in [1.29, 1.82) is 0 Å². The molecule has 0 radical (unpaired) electrons. The standard InChI is InChI=1S/C23H36N2O3.ClH/c1-22-8-5-14(25-28-15-7-10-24-13-15)11-19(22)20(26)12-16-17-3-4-21(27)23(17,2)9-6-18(16)22;/h15-20,24,26H,3-13H2,1-2H3;1H/t15-,16-,17-,18-,19?,20-,22+,23-;/m0./s1. The number of carbonyl (C=O) groups excluding carboxylic acids is 1. The number of nitrogens with zero attached hydrogens (tertiary/aromatic N) is 1. The summed E-state index contributed by atoms with van der Waals surface area (Å²) in [5, 5.41) is 19.0. The highest BCUT2D eigenvalue weighted by molar-refractivity contribution is 5.87. The minimum absolute atomic E-state index is 0. The van der Waals surface area contributed by atoms with Crippen LogP contribution in [0.15, 0.2) is 5.16 Å². The maximum atomic E-state index is 12.6.